The van der Waals surface area contributed by atoms with Crippen molar-refractivity contribution in [3.05, 3.63) is 29.8 Å². The summed E-state index contributed by atoms with van der Waals surface area (Å²) in [6.45, 7) is 2.66. The average Bonchev–Trinajstić information content (AvgIpc) is 2.52. The van der Waals surface area contributed by atoms with Crippen LogP contribution in [0.1, 0.15) is 57.4 Å². The van der Waals surface area contributed by atoms with Crippen molar-refractivity contribution in [2.45, 2.75) is 63.8 Å². The maximum absolute atomic E-state index is 12.6. The van der Waals surface area contributed by atoms with Crippen molar-refractivity contribution in [2.75, 3.05) is 6.61 Å². The van der Waals surface area contributed by atoms with Crippen LogP contribution in [-0.4, -0.2) is 18.1 Å². The van der Waals surface area contributed by atoms with Gasteiger partial charge in [-0.05, 0) is 81.3 Å². The van der Waals surface area contributed by atoms with Gasteiger partial charge in [-0.1, -0.05) is 18.2 Å². The number of hydrogen-bond donors (Lipinski definition) is 1. The first-order valence-corrected chi connectivity index (χ1v) is 9.67. The van der Waals surface area contributed by atoms with E-state index in [1.807, 2.05) is 25.1 Å². The molecule has 4 aliphatic rings. The Morgan fingerprint density at radius 3 is 2.38 bits per heavy atom. The fourth-order valence-corrected chi connectivity index (χ4v) is 5.88. The largest absolute Gasteiger partial charge is 0.494 e. The minimum atomic E-state index is 0.130. The molecule has 0 unspecified atom stereocenters. The van der Waals surface area contributed by atoms with Crippen LogP contribution in [0, 0.1) is 17.8 Å². The van der Waals surface area contributed by atoms with Gasteiger partial charge in [-0.25, -0.2) is 0 Å². The molecule has 0 radical (unpaired) electrons. The van der Waals surface area contributed by atoms with Crippen molar-refractivity contribution < 1.29 is 9.53 Å². The first-order chi connectivity index (χ1) is 11.7. The number of amides is 1. The molecular formula is C21H29NO2. The molecule has 0 spiro atoms. The molecule has 0 aliphatic heterocycles. The van der Waals surface area contributed by atoms with E-state index in [0.29, 0.717) is 13.0 Å². The first kappa shape index (κ1) is 16.0. The van der Waals surface area contributed by atoms with Gasteiger partial charge in [0.25, 0.3) is 0 Å². The van der Waals surface area contributed by atoms with E-state index in [4.69, 9.17) is 4.74 Å². The van der Waals surface area contributed by atoms with Gasteiger partial charge in [0.2, 0.25) is 5.91 Å². The molecule has 1 aromatic carbocycles. The van der Waals surface area contributed by atoms with Crippen LogP contribution in [0.15, 0.2) is 24.3 Å². The highest BCUT2D eigenvalue weighted by Crippen LogP contribution is 2.55. The summed E-state index contributed by atoms with van der Waals surface area (Å²) in [5.74, 6) is 3.76. The summed E-state index contributed by atoms with van der Waals surface area (Å²) in [6.07, 6.45) is 9.23. The molecule has 130 valence electrons. The smallest absolute Gasteiger partial charge is 0.220 e. The number of hydrogen-bond acceptors (Lipinski definition) is 2. The van der Waals surface area contributed by atoms with Crippen LogP contribution in [-0.2, 0) is 11.2 Å². The van der Waals surface area contributed by atoms with Crippen LogP contribution in [0.25, 0.3) is 0 Å². The zero-order valence-corrected chi connectivity index (χ0v) is 14.7. The number of carbonyl (C=O) groups excluding carboxylic acids is 1. The molecule has 3 nitrogen and oxygen atoms in total. The second-order valence-electron chi connectivity index (χ2n) is 8.29. The van der Waals surface area contributed by atoms with Gasteiger partial charge in [-0.2, -0.15) is 0 Å². The summed E-state index contributed by atoms with van der Waals surface area (Å²) < 4.78 is 5.67. The summed E-state index contributed by atoms with van der Waals surface area (Å²) in [7, 11) is 0. The molecule has 4 aliphatic carbocycles. The van der Waals surface area contributed by atoms with Crippen molar-refractivity contribution >= 4 is 5.91 Å². The predicted molar refractivity (Wildman–Crippen MR) is 95.0 cm³/mol. The van der Waals surface area contributed by atoms with Gasteiger partial charge in [-0.3, -0.25) is 4.79 Å². The van der Waals surface area contributed by atoms with E-state index in [2.05, 4.69) is 11.4 Å². The number of rotatable bonds is 6. The third-order valence-electron chi connectivity index (χ3n) is 6.34. The highest BCUT2D eigenvalue weighted by molar-refractivity contribution is 5.77. The van der Waals surface area contributed by atoms with Gasteiger partial charge >= 0.3 is 0 Å². The van der Waals surface area contributed by atoms with Crippen LogP contribution < -0.4 is 10.1 Å². The van der Waals surface area contributed by atoms with Gasteiger partial charge in [-0.15, -0.1) is 0 Å². The van der Waals surface area contributed by atoms with E-state index in [1.54, 1.807) is 0 Å². The summed E-state index contributed by atoms with van der Waals surface area (Å²) in [5.41, 5.74) is 1.27. The van der Waals surface area contributed by atoms with Crippen LogP contribution >= 0.6 is 0 Å². The fraction of sp³-hybridized carbons (Fsp3) is 0.667. The van der Waals surface area contributed by atoms with Gasteiger partial charge in [0, 0.05) is 12.0 Å². The van der Waals surface area contributed by atoms with Crippen LogP contribution in [0.3, 0.4) is 0 Å². The predicted octanol–water partition coefficient (Wildman–Crippen LogP) is 4.10. The minimum Gasteiger partial charge on any atom is -0.494 e. The third kappa shape index (κ3) is 3.18. The molecule has 0 aromatic heterocycles. The second kappa shape index (κ2) is 6.42. The molecule has 0 heterocycles. The molecule has 4 fully saturated rings. The lowest BCUT2D eigenvalue weighted by molar-refractivity contribution is -0.126. The Morgan fingerprint density at radius 2 is 1.75 bits per heavy atom. The molecular weight excluding hydrogens is 298 g/mol. The van der Waals surface area contributed by atoms with E-state index < -0.39 is 0 Å². The van der Waals surface area contributed by atoms with Crippen molar-refractivity contribution in [3.63, 3.8) is 0 Å². The Bertz CT molecular complexity index is 574. The molecule has 0 atom stereocenters. The van der Waals surface area contributed by atoms with Gasteiger partial charge in [0.1, 0.15) is 5.75 Å². The Morgan fingerprint density at radius 1 is 1.12 bits per heavy atom. The number of carbonyl (C=O) groups is 1. The Balaban J connectivity index is 1.36. The zero-order chi connectivity index (χ0) is 16.6. The quantitative estimate of drug-likeness (QED) is 0.854. The monoisotopic (exact) mass is 327 g/mol. The lowest BCUT2D eigenvalue weighted by atomic mass is 9.53. The number of aryl methyl sites for hydroxylation is 1. The molecule has 4 saturated carbocycles. The highest BCUT2D eigenvalue weighted by Gasteiger charge is 2.51. The average molecular weight is 327 g/mol. The van der Waals surface area contributed by atoms with Crippen molar-refractivity contribution in [2.24, 2.45) is 17.8 Å². The number of benzene rings is 1. The molecule has 24 heavy (non-hydrogen) atoms. The lowest BCUT2D eigenvalue weighted by Crippen LogP contribution is -2.59. The normalized spacial score (nSPS) is 33.5. The van der Waals surface area contributed by atoms with Crippen molar-refractivity contribution in [1.82, 2.24) is 5.32 Å². The highest BCUT2D eigenvalue weighted by atomic mass is 16.5. The summed E-state index contributed by atoms with van der Waals surface area (Å²) >= 11 is 0. The molecule has 4 bridgehead atoms. The van der Waals surface area contributed by atoms with E-state index in [-0.39, 0.29) is 11.4 Å². The minimum absolute atomic E-state index is 0.130. The van der Waals surface area contributed by atoms with E-state index in [0.717, 1.165) is 35.5 Å². The van der Waals surface area contributed by atoms with Crippen LogP contribution in [0.2, 0.25) is 0 Å². The molecule has 0 saturated heterocycles. The van der Waals surface area contributed by atoms with Gasteiger partial charge in [0.15, 0.2) is 0 Å². The number of nitrogens with one attached hydrogen (secondary N) is 1. The molecule has 5 rings (SSSR count). The van der Waals surface area contributed by atoms with Crippen LogP contribution in [0.5, 0.6) is 5.75 Å². The van der Waals surface area contributed by atoms with Crippen LogP contribution in [0.4, 0.5) is 0 Å². The van der Waals surface area contributed by atoms with E-state index >= 15 is 0 Å². The summed E-state index contributed by atoms with van der Waals surface area (Å²) in [6, 6.07) is 8.08. The standard InChI is InChI=1S/C21H29NO2/c1-2-24-19-6-4-3-5-18(19)7-8-20(23)22-21-12-15-9-16(13-21)11-17(10-15)14-21/h3-6,15-17H,2,7-14H2,1H3,(H,22,23). The SMILES string of the molecule is CCOc1ccccc1CCC(=O)NC12CC3CC(CC(C3)C1)C2. The maximum atomic E-state index is 12.6. The Labute approximate surface area is 145 Å². The zero-order valence-electron chi connectivity index (χ0n) is 14.7. The lowest BCUT2D eigenvalue weighted by Gasteiger charge is -2.56. The molecule has 3 heteroatoms. The summed E-state index contributed by atoms with van der Waals surface area (Å²) in [4.78, 5) is 12.6. The van der Waals surface area contributed by atoms with Crippen molar-refractivity contribution in [3.8, 4) is 5.75 Å². The second-order valence-corrected chi connectivity index (χ2v) is 8.29. The molecule has 1 N–H and O–H groups in total. The molecule has 1 aromatic rings. The fourth-order valence-electron chi connectivity index (χ4n) is 5.88. The number of para-hydroxylation sites is 1. The Kier molecular flexibility index (Phi) is 4.28. The Hall–Kier alpha value is -1.51. The van der Waals surface area contributed by atoms with E-state index in [9.17, 15) is 4.79 Å². The van der Waals surface area contributed by atoms with Gasteiger partial charge in [0.05, 0.1) is 6.61 Å². The van der Waals surface area contributed by atoms with E-state index in [1.165, 1.54) is 38.5 Å². The number of ether oxygens (including phenoxy) is 1. The topological polar surface area (TPSA) is 38.3 Å². The maximum Gasteiger partial charge on any atom is 0.220 e. The van der Waals surface area contributed by atoms with Crippen molar-refractivity contribution in [1.29, 1.82) is 0 Å². The molecule has 1 amide bonds. The summed E-state index contributed by atoms with van der Waals surface area (Å²) in [5, 5.41) is 3.47. The van der Waals surface area contributed by atoms with Gasteiger partial charge < -0.3 is 10.1 Å². The first-order valence-electron chi connectivity index (χ1n) is 9.67. The third-order valence-corrected chi connectivity index (χ3v) is 6.34.